The Hall–Kier alpha value is -6.44. The molecule has 0 radical (unpaired) electrons. The minimum Gasteiger partial charge on any atom is -0.456 e. The van der Waals surface area contributed by atoms with Crippen molar-refractivity contribution in [3.8, 4) is 33.4 Å². The molecule has 0 N–H and O–H groups in total. The first-order chi connectivity index (χ1) is 24.8. The number of rotatable bonds is 1. The Morgan fingerprint density at radius 2 is 0.760 bits per heavy atom. The van der Waals surface area contributed by atoms with Crippen LogP contribution in [-0.2, 0) is 5.41 Å². The summed E-state index contributed by atoms with van der Waals surface area (Å²) in [5.74, 6) is 0. The van der Waals surface area contributed by atoms with Crippen molar-refractivity contribution < 1.29 is 4.42 Å². The lowest BCUT2D eigenvalue weighted by molar-refractivity contribution is 0.669. The lowest BCUT2D eigenvalue weighted by Crippen LogP contribution is -2.25. The van der Waals surface area contributed by atoms with E-state index < -0.39 is 5.41 Å². The van der Waals surface area contributed by atoms with Gasteiger partial charge in [0, 0.05) is 10.8 Å². The zero-order valence-corrected chi connectivity index (χ0v) is 27.1. The molecule has 0 bridgehead atoms. The lowest BCUT2D eigenvalue weighted by Gasteiger charge is -2.31. The van der Waals surface area contributed by atoms with Gasteiger partial charge in [0.15, 0.2) is 0 Å². The van der Waals surface area contributed by atoms with Gasteiger partial charge in [0.05, 0.1) is 5.41 Å². The van der Waals surface area contributed by atoms with E-state index in [1.807, 2.05) is 6.07 Å². The zero-order valence-electron chi connectivity index (χ0n) is 27.1. The number of benzene rings is 9. The number of fused-ring (bicyclic) bond motifs is 19. The standard InChI is InChI=1S/C49H28O/c1-3-13-33-31(11-1)32-12-2-4-14-34(32)40-28-46-41(27-39(33)40)36-16-6-9-19-44(36)49(46)43-18-8-5-15-35(43)37-23-21-30(26-45(37)49)29-22-24-48-42(25-29)38-17-7-10-20-47(38)50-48/h1-28H. The van der Waals surface area contributed by atoms with Gasteiger partial charge in [-0.15, -0.1) is 0 Å². The van der Waals surface area contributed by atoms with E-state index in [0.29, 0.717) is 0 Å². The molecular weight excluding hydrogens is 605 g/mol. The Labute approximate surface area is 288 Å². The molecule has 1 heteroatoms. The van der Waals surface area contributed by atoms with E-state index in [2.05, 4.69) is 164 Å². The van der Waals surface area contributed by atoms with Crippen LogP contribution < -0.4 is 0 Å². The molecule has 1 unspecified atom stereocenters. The van der Waals surface area contributed by atoms with Gasteiger partial charge < -0.3 is 4.42 Å². The highest BCUT2D eigenvalue weighted by Crippen LogP contribution is 2.64. The van der Waals surface area contributed by atoms with Crippen LogP contribution in [0.2, 0.25) is 0 Å². The van der Waals surface area contributed by atoms with Crippen LogP contribution in [0.25, 0.3) is 87.6 Å². The Morgan fingerprint density at radius 1 is 0.280 bits per heavy atom. The zero-order chi connectivity index (χ0) is 32.6. The van der Waals surface area contributed by atoms with Crippen LogP contribution >= 0.6 is 0 Å². The van der Waals surface area contributed by atoms with E-state index in [9.17, 15) is 0 Å². The van der Waals surface area contributed by atoms with Crippen molar-refractivity contribution in [2.75, 3.05) is 0 Å². The van der Waals surface area contributed by atoms with Gasteiger partial charge in [-0.1, -0.05) is 133 Å². The molecule has 9 aromatic carbocycles. The number of hydrogen-bond donors (Lipinski definition) is 0. The van der Waals surface area contributed by atoms with E-state index in [-0.39, 0.29) is 0 Å². The molecule has 0 aliphatic heterocycles. The van der Waals surface area contributed by atoms with Gasteiger partial charge in [0.2, 0.25) is 0 Å². The van der Waals surface area contributed by atoms with Crippen molar-refractivity contribution in [1.82, 2.24) is 0 Å². The molecule has 1 atom stereocenters. The maximum atomic E-state index is 6.21. The summed E-state index contributed by atoms with van der Waals surface area (Å²) < 4.78 is 6.21. The SMILES string of the molecule is c1ccc2c(c1)-c1ccc(-c3ccc4oc5ccccc5c4c3)cc1C21c2ccccc2-c2cc3c4ccccc4c4ccccc4c3cc21. The second kappa shape index (κ2) is 9.37. The van der Waals surface area contributed by atoms with Gasteiger partial charge >= 0.3 is 0 Å². The number of furan rings is 1. The minimum absolute atomic E-state index is 0.443. The predicted molar refractivity (Wildman–Crippen MR) is 208 cm³/mol. The second-order valence-corrected chi connectivity index (χ2v) is 13.9. The van der Waals surface area contributed by atoms with E-state index in [1.165, 1.54) is 88.0 Å². The third-order valence-corrected chi connectivity index (χ3v) is 11.7. The van der Waals surface area contributed by atoms with Crippen molar-refractivity contribution in [1.29, 1.82) is 0 Å². The summed E-state index contributed by atoms with van der Waals surface area (Å²) in [6, 6.07) is 63.2. The minimum atomic E-state index is -0.443. The maximum absolute atomic E-state index is 6.21. The first kappa shape index (κ1) is 26.5. The Kier molecular flexibility index (Phi) is 4.97. The largest absolute Gasteiger partial charge is 0.456 e. The van der Waals surface area contributed by atoms with Gasteiger partial charge in [-0.25, -0.2) is 0 Å². The van der Waals surface area contributed by atoms with Crippen LogP contribution in [0.3, 0.4) is 0 Å². The average Bonchev–Trinajstić information content (AvgIpc) is 3.80. The Balaban J connectivity index is 1.20. The summed E-state index contributed by atoms with van der Waals surface area (Å²) in [4.78, 5) is 0. The number of hydrogen-bond acceptors (Lipinski definition) is 1. The van der Waals surface area contributed by atoms with Gasteiger partial charge in [-0.05, 0) is 124 Å². The van der Waals surface area contributed by atoms with Gasteiger partial charge in [-0.3, -0.25) is 0 Å². The Morgan fingerprint density at radius 3 is 1.48 bits per heavy atom. The first-order valence-electron chi connectivity index (χ1n) is 17.4. The molecule has 50 heavy (non-hydrogen) atoms. The summed E-state index contributed by atoms with van der Waals surface area (Å²) in [7, 11) is 0. The second-order valence-electron chi connectivity index (χ2n) is 13.9. The number of para-hydroxylation sites is 1. The van der Waals surface area contributed by atoms with Crippen molar-refractivity contribution in [3.05, 3.63) is 192 Å². The quantitative estimate of drug-likeness (QED) is 0.164. The van der Waals surface area contributed by atoms with Gasteiger partial charge in [0.25, 0.3) is 0 Å². The normalized spacial score (nSPS) is 15.7. The van der Waals surface area contributed by atoms with E-state index in [0.717, 1.165) is 21.9 Å². The molecule has 2 aliphatic rings. The monoisotopic (exact) mass is 632 g/mol. The highest BCUT2D eigenvalue weighted by Gasteiger charge is 2.51. The molecule has 0 saturated heterocycles. The molecule has 230 valence electrons. The van der Waals surface area contributed by atoms with Gasteiger partial charge in [-0.2, -0.15) is 0 Å². The third-order valence-electron chi connectivity index (χ3n) is 11.7. The van der Waals surface area contributed by atoms with Crippen molar-refractivity contribution in [2.45, 2.75) is 5.41 Å². The molecule has 12 rings (SSSR count). The van der Waals surface area contributed by atoms with Gasteiger partial charge in [0.1, 0.15) is 11.2 Å². The molecule has 1 spiro atoms. The third kappa shape index (κ3) is 3.18. The van der Waals surface area contributed by atoms with Crippen LogP contribution in [0, 0.1) is 0 Å². The molecule has 1 nitrogen and oxygen atoms in total. The van der Waals surface area contributed by atoms with E-state index in [1.54, 1.807) is 0 Å². The molecule has 1 aromatic heterocycles. The summed E-state index contributed by atoms with van der Waals surface area (Å²) in [5.41, 5.74) is 14.5. The highest BCUT2D eigenvalue weighted by molar-refractivity contribution is 6.26. The first-order valence-corrected chi connectivity index (χ1v) is 17.4. The molecule has 2 aliphatic carbocycles. The predicted octanol–water partition coefficient (Wildman–Crippen LogP) is 13.1. The van der Waals surface area contributed by atoms with Crippen LogP contribution in [0.15, 0.2) is 174 Å². The van der Waals surface area contributed by atoms with Crippen molar-refractivity contribution in [3.63, 3.8) is 0 Å². The molecular formula is C49H28O. The summed E-state index contributed by atoms with van der Waals surface area (Å²) in [6.07, 6.45) is 0. The topological polar surface area (TPSA) is 13.1 Å². The maximum Gasteiger partial charge on any atom is 0.135 e. The molecule has 0 fully saturated rings. The van der Waals surface area contributed by atoms with Crippen molar-refractivity contribution in [2.24, 2.45) is 0 Å². The fraction of sp³-hybridized carbons (Fsp3) is 0.0204. The van der Waals surface area contributed by atoms with Crippen LogP contribution in [0.4, 0.5) is 0 Å². The fourth-order valence-electron chi connectivity index (χ4n) is 9.62. The van der Waals surface area contributed by atoms with E-state index in [4.69, 9.17) is 4.42 Å². The highest BCUT2D eigenvalue weighted by atomic mass is 16.3. The van der Waals surface area contributed by atoms with Crippen molar-refractivity contribution >= 4 is 54.3 Å². The smallest absolute Gasteiger partial charge is 0.135 e. The average molecular weight is 633 g/mol. The van der Waals surface area contributed by atoms with Crippen LogP contribution in [0.5, 0.6) is 0 Å². The molecule has 0 saturated carbocycles. The van der Waals surface area contributed by atoms with Crippen LogP contribution in [-0.4, -0.2) is 0 Å². The molecule has 10 aromatic rings. The molecule has 0 amide bonds. The summed E-state index contributed by atoms with van der Waals surface area (Å²) in [5, 5.41) is 10.1. The summed E-state index contributed by atoms with van der Waals surface area (Å²) in [6.45, 7) is 0. The van der Waals surface area contributed by atoms with Crippen LogP contribution in [0.1, 0.15) is 22.3 Å². The fourth-order valence-corrected chi connectivity index (χ4v) is 9.62. The molecule has 1 heterocycles. The Bertz CT molecular complexity index is 3100. The van der Waals surface area contributed by atoms with E-state index >= 15 is 0 Å². The summed E-state index contributed by atoms with van der Waals surface area (Å²) >= 11 is 0. The lowest BCUT2D eigenvalue weighted by atomic mass is 9.70.